The van der Waals surface area contributed by atoms with Crippen molar-refractivity contribution in [3.63, 3.8) is 0 Å². The molecule has 1 aromatic carbocycles. The zero-order valence-corrected chi connectivity index (χ0v) is 11.4. The van der Waals surface area contributed by atoms with Crippen molar-refractivity contribution in [2.75, 3.05) is 13.1 Å². The molecule has 0 aromatic heterocycles. The Hall–Kier alpha value is -1.39. The predicted molar refractivity (Wildman–Crippen MR) is 73.8 cm³/mol. The Labute approximate surface area is 118 Å². The van der Waals surface area contributed by atoms with E-state index in [-0.39, 0.29) is 24.2 Å². The lowest BCUT2D eigenvalue weighted by Crippen LogP contribution is -2.36. The number of carbonyl (C=O) groups is 2. The second kappa shape index (κ2) is 5.31. The molecule has 1 N–H and O–H groups in total. The van der Waals surface area contributed by atoms with Gasteiger partial charge in [-0.25, -0.2) is 0 Å². The van der Waals surface area contributed by atoms with Crippen LogP contribution in [0.2, 0.25) is 0 Å². The van der Waals surface area contributed by atoms with Crippen LogP contribution in [0.1, 0.15) is 18.4 Å². The molecule has 0 aliphatic carbocycles. The summed E-state index contributed by atoms with van der Waals surface area (Å²) in [6.07, 6.45) is 1.15. The standard InChI is InChI=1S/C14H16N2O2.ClH/c17-12-8-14(6-7-15-10-14)13(18)16(12)9-11-4-2-1-3-5-11;/h1-5,15H,6-10H2;1H/t14-;/m0./s1. The fourth-order valence-corrected chi connectivity index (χ4v) is 2.86. The van der Waals surface area contributed by atoms with Crippen molar-refractivity contribution >= 4 is 24.2 Å². The van der Waals surface area contributed by atoms with Crippen molar-refractivity contribution in [3.8, 4) is 0 Å². The second-order valence-corrected chi connectivity index (χ2v) is 5.15. The molecule has 2 amide bonds. The van der Waals surface area contributed by atoms with E-state index < -0.39 is 5.41 Å². The van der Waals surface area contributed by atoms with Gasteiger partial charge in [0.25, 0.3) is 0 Å². The highest BCUT2D eigenvalue weighted by atomic mass is 35.5. The van der Waals surface area contributed by atoms with E-state index in [2.05, 4.69) is 5.32 Å². The minimum Gasteiger partial charge on any atom is -0.316 e. The number of nitrogens with zero attached hydrogens (tertiary/aromatic N) is 1. The van der Waals surface area contributed by atoms with Crippen LogP contribution in [0.25, 0.3) is 0 Å². The van der Waals surface area contributed by atoms with Crippen molar-refractivity contribution in [2.45, 2.75) is 19.4 Å². The van der Waals surface area contributed by atoms with Gasteiger partial charge in [0.2, 0.25) is 11.8 Å². The summed E-state index contributed by atoms with van der Waals surface area (Å²) in [6, 6.07) is 9.66. The molecule has 0 bridgehead atoms. The predicted octanol–water partition coefficient (Wildman–Crippen LogP) is 1.35. The largest absolute Gasteiger partial charge is 0.316 e. The minimum absolute atomic E-state index is 0. The number of nitrogens with one attached hydrogen (secondary N) is 1. The summed E-state index contributed by atoms with van der Waals surface area (Å²) < 4.78 is 0. The average molecular weight is 281 g/mol. The number of benzene rings is 1. The van der Waals surface area contributed by atoms with Gasteiger partial charge < -0.3 is 5.32 Å². The molecule has 102 valence electrons. The smallest absolute Gasteiger partial charge is 0.237 e. The van der Waals surface area contributed by atoms with E-state index >= 15 is 0 Å². The Kier molecular flexibility index (Phi) is 3.92. The van der Waals surface area contributed by atoms with Crippen LogP contribution in [0.4, 0.5) is 0 Å². The van der Waals surface area contributed by atoms with Gasteiger partial charge in [-0.2, -0.15) is 0 Å². The van der Waals surface area contributed by atoms with E-state index in [1.165, 1.54) is 4.90 Å². The van der Waals surface area contributed by atoms with Gasteiger partial charge in [0, 0.05) is 13.0 Å². The summed E-state index contributed by atoms with van der Waals surface area (Å²) in [5.74, 6) is -0.0334. The number of rotatable bonds is 2. The maximum atomic E-state index is 12.4. The number of hydrogen-bond donors (Lipinski definition) is 1. The number of halogens is 1. The summed E-state index contributed by atoms with van der Waals surface area (Å²) in [5.41, 5.74) is 0.550. The number of amides is 2. The first-order valence-corrected chi connectivity index (χ1v) is 6.31. The lowest BCUT2D eigenvalue weighted by Gasteiger charge is -2.20. The number of carbonyl (C=O) groups excluding carboxylic acids is 2. The molecule has 2 aliphatic rings. The maximum absolute atomic E-state index is 12.4. The van der Waals surface area contributed by atoms with Gasteiger partial charge in [-0.05, 0) is 18.5 Å². The topological polar surface area (TPSA) is 49.4 Å². The molecule has 19 heavy (non-hydrogen) atoms. The van der Waals surface area contributed by atoms with Crippen LogP contribution < -0.4 is 5.32 Å². The summed E-state index contributed by atoms with van der Waals surface area (Å²) in [6.45, 7) is 1.88. The van der Waals surface area contributed by atoms with E-state index in [1.54, 1.807) is 0 Å². The third-order valence-corrected chi connectivity index (χ3v) is 3.92. The summed E-state index contributed by atoms with van der Waals surface area (Å²) >= 11 is 0. The quantitative estimate of drug-likeness (QED) is 0.832. The van der Waals surface area contributed by atoms with Crippen molar-refractivity contribution < 1.29 is 9.59 Å². The van der Waals surface area contributed by atoms with Crippen molar-refractivity contribution in [1.29, 1.82) is 0 Å². The zero-order valence-electron chi connectivity index (χ0n) is 10.6. The third-order valence-electron chi connectivity index (χ3n) is 3.92. The molecular formula is C14H17ClN2O2. The Morgan fingerprint density at radius 1 is 1.21 bits per heavy atom. The SMILES string of the molecule is Cl.O=C1C[C@]2(CCNC2)C(=O)N1Cc1ccccc1. The first-order chi connectivity index (χ1) is 8.71. The molecular weight excluding hydrogens is 264 g/mol. The van der Waals surface area contributed by atoms with E-state index in [0.717, 1.165) is 18.5 Å². The first-order valence-electron chi connectivity index (χ1n) is 6.31. The van der Waals surface area contributed by atoms with Crippen molar-refractivity contribution in [1.82, 2.24) is 10.2 Å². The summed E-state index contributed by atoms with van der Waals surface area (Å²) in [7, 11) is 0. The van der Waals surface area contributed by atoms with Crippen LogP contribution in [0.5, 0.6) is 0 Å². The molecule has 1 atom stereocenters. The number of imide groups is 1. The highest BCUT2D eigenvalue weighted by molar-refractivity contribution is 6.06. The lowest BCUT2D eigenvalue weighted by molar-refractivity contribution is -0.141. The lowest BCUT2D eigenvalue weighted by atomic mass is 9.85. The van der Waals surface area contributed by atoms with Crippen LogP contribution in [0.15, 0.2) is 30.3 Å². The zero-order chi connectivity index (χ0) is 12.6. The van der Waals surface area contributed by atoms with Crippen molar-refractivity contribution in [2.24, 2.45) is 5.41 Å². The Morgan fingerprint density at radius 3 is 2.58 bits per heavy atom. The first kappa shape index (κ1) is 14.0. The van der Waals surface area contributed by atoms with E-state index in [4.69, 9.17) is 0 Å². The number of hydrogen-bond acceptors (Lipinski definition) is 3. The van der Waals surface area contributed by atoms with Gasteiger partial charge in [0.1, 0.15) is 0 Å². The van der Waals surface area contributed by atoms with E-state index in [9.17, 15) is 9.59 Å². The molecule has 1 aromatic rings. The van der Waals surface area contributed by atoms with Gasteiger partial charge in [-0.3, -0.25) is 14.5 Å². The van der Waals surface area contributed by atoms with Gasteiger partial charge in [0.05, 0.1) is 12.0 Å². The second-order valence-electron chi connectivity index (χ2n) is 5.15. The van der Waals surface area contributed by atoms with Gasteiger partial charge in [0.15, 0.2) is 0 Å². The molecule has 2 aliphatic heterocycles. The molecule has 0 unspecified atom stereocenters. The van der Waals surface area contributed by atoms with Crippen LogP contribution in [-0.4, -0.2) is 29.8 Å². The summed E-state index contributed by atoms with van der Waals surface area (Å²) in [4.78, 5) is 25.9. The third kappa shape index (κ3) is 2.38. The van der Waals surface area contributed by atoms with Gasteiger partial charge >= 0.3 is 0 Å². The van der Waals surface area contributed by atoms with Gasteiger partial charge in [-0.15, -0.1) is 12.4 Å². The summed E-state index contributed by atoms with van der Waals surface area (Å²) in [5, 5.41) is 3.19. The Balaban J connectivity index is 0.00000133. The Bertz CT molecular complexity index is 483. The fourth-order valence-electron chi connectivity index (χ4n) is 2.86. The van der Waals surface area contributed by atoms with Crippen LogP contribution >= 0.6 is 12.4 Å². The molecule has 1 spiro atoms. The highest BCUT2D eigenvalue weighted by Gasteiger charge is 2.52. The molecule has 2 fully saturated rings. The van der Waals surface area contributed by atoms with Crippen molar-refractivity contribution in [3.05, 3.63) is 35.9 Å². The molecule has 5 heteroatoms. The van der Waals surface area contributed by atoms with Crippen LogP contribution in [0, 0.1) is 5.41 Å². The van der Waals surface area contributed by atoms with Gasteiger partial charge in [-0.1, -0.05) is 30.3 Å². The average Bonchev–Trinajstić information content (AvgIpc) is 2.93. The molecule has 0 saturated carbocycles. The molecule has 2 heterocycles. The molecule has 0 radical (unpaired) electrons. The maximum Gasteiger partial charge on any atom is 0.237 e. The molecule has 2 saturated heterocycles. The fraction of sp³-hybridized carbons (Fsp3) is 0.429. The van der Waals surface area contributed by atoms with E-state index in [1.807, 2.05) is 30.3 Å². The highest BCUT2D eigenvalue weighted by Crippen LogP contribution is 2.38. The van der Waals surface area contributed by atoms with E-state index in [0.29, 0.717) is 19.5 Å². The number of likely N-dealkylation sites (tertiary alicyclic amines) is 1. The molecule has 4 nitrogen and oxygen atoms in total. The van der Waals surface area contributed by atoms with Crippen LogP contribution in [-0.2, 0) is 16.1 Å². The molecule has 3 rings (SSSR count). The minimum atomic E-state index is -0.453. The van der Waals surface area contributed by atoms with Crippen LogP contribution in [0.3, 0.4) is 0 Å². The Morgan fingerprint density at radius 2 is 1.95 bits per heavy atom. The monoisotopic (exact) mass is 280 g/mol. The normalized spacial score (nSPS) is 26.0.